The third kappa shape index (κ3) is 3.75. The fourth-order valence-corrected chi connectivity index (χ4v) is 2.20. The van der Waals surface area contributed by atoms with E-state index in [4.69, 9.17) is 16.9 Å². The van der Waals surface area contributed by atoms with Crippen LogP contribution in [0.5, 0.6) is 0 Å². The van der Waals surface area contributed by atoms with E-state index in [2.05, 4.69) is 11.7 Å². The van der Waals surface area contributed by atoms with E-state index in [9.17, 15) is 8.78 Å². The molecule has 0 aliphatic heterocycles. The Bertz CT molecular complexity index is 582. The first kappa shape index (κ1) is 16.1. The van der Waals surface area contributed by atoms with Crippen molar-refractivity contribution < 1.29 is 8.78 Å². The van der Waals surface area contributed by atoms with E-state index >= 15 is 0 Å². The predicted molar refractivity (Wildman–Crippen MR) is 80.5 cm³/mol. The molecule has 0 unspecified atom stereocenters. The number of nitrogens with zero attached hydrogens (tertiary/aromatic N) is 1. The summed E-state index contributed by atoms with van der Waals surface area (Å²) in [5, 5.41) is 7.02. The number of benzene rings is 1. The van der Waals surface area contributed by atoms with Crippen molar-refractivity contribution in [1.29, 1.82) is 5.41 Å². The van der Waals surface area contributed by atoms with Crippen molar-refractivity contribution in [3.63, 3.8) is 0 Å². The highest BCUT2D eigenvalue weighted by Gasteiger charge is 2.13. The third-order valence-corrected chi connectivity index (χ3v) is 3.20. The second kappa shape index (κ2) is 7.56. The average molecular weight is 296 g/mol. The first-order valence-electron chi connectivity index (χ1n) is 5.51. The molecular formula is C13H14F2N4S. The maximum absolute atomic E-state index is 13.3. The van der Waals surface area contributed by atoms with Crippen LogP contribution in [-0.4, -0.2) is 18.8 Å². The van der Waals surface area contributed by atoms with E-state index in [1.165, 1.54) is 23.9 Å². The lowest BCUT2D eigenvalue weighted by Crippen LogP contribution is -2.05. The lowest BCUT2D eigenvalue weighted by atomic mass is 10.1. The van der Waals surface area contributed by atoms with Gasteiger partial charge in [-0.15, -0.1) is 11.8 Å². The molecule has 20 heavy (non-hydrogen) atoms. The zero-order chi connectivity index (χ0) is 15.1. The second-order valence-corrected chi connectivity index (χ2v) is 4.59. The van der Waals surface area contributed by atoms with Crippen molar-refractivity contribution >= 4 is 30.4 Å². The van der Waals surface area contributed by atoms with E-state index in [0.717, 1.165) is 18.3 Å². The molecule has 0 bridgehead atoms. The summed E-state index contributed by atoms with van der Waals surface area (Å²) in [5.41, 5.74) is 12.2. The molecule has 0 radical (unpaired) electrons. The van der Waals surface area contributed by atoms with Crippen molar-refractivity contribution in [1.82, 2.24) is 0 Å². The van der Waals surface area contributed by atoms with Crippen molar-refractivity contribution in [2.75, 3.05) is 5.88 Å². The Morgan fingerprint density at radius 1 is 1.40 bits per heavy atom. The summed E-state index contributed by atoms with van der Waals surface area (Å²) in [6, 6.07) is 3.38. The molecule has 0 spiro atoms. The summed E-state index contributed by atoms with van der Waals surface area (Å²) in [7, 11) is 0. The van der Waals surface area contributed by atoms with Gasteiger partial charge >= 0.3 is 0 Å². The van der Waals surface area contributed by atoms with Gasteiger partial charge in [-0.1, -0.05) is 0 Å². The second-order valence-electron chi connectivity index (χ2n) is 3.56. The molecule has 0 aliphatic carbocycles. The summed E-state index contributed by atoms with van der Waals surface area (Å²) in [5.74, 6) is -1.73. The zero-order valence-electron chi connectivity index (χ0n) is 10.6. The Kier molecular flexibility index (Phi) is 6.08. The van der Waals surface area contributed by atoms with Crippen LogP contribution in [0.1, 0.15) is 5.56 Å². The molecule has 0 saturated carbocycles. The van der Waals surface area contributed by atoms with Gasteiger partial charge in [0.1, 0.15) is 0 Å². The summed E-state index contributed by atoms with van der Waals surface area (Å²) >= 11 is 1.17. The highest BCUT2D eigenvalue weighted by Crippen LogP contribution is 2.31. The number of allylic oxidation sites excluding steroid dienone is 1. The minimum Gasteiger partial charge on any atom is -0.398 e. The highest BCUT2D eigenvalue weighted by molar-refractivity contribution is 8.03. The first-order valence-corrected chi connectivity index (χ1v) is 6.49. The van der Waals surface area contributed by atoms with Gasteiger partial charge in [-0.3, -0.25) is 4.99 Å². The minimum absolute atomic E-state index is 0.213. The summed E-state index contributed by atoms with van der Waals surface area (Å²) in [6.07, 6.45) is 2.36. The van der Waals surface area contributed by atoms with Gasteiger partial charge in [0.15, 0.2) is 11.6 Å². The van der Waals surface area contributed by atoms with Crippen molar-refractivity contribution in [2.24, 2.45) is 16.5 Å². The average Bonchev–Trinajstić information content (AvgIpc) is 2.42. The molecule has 0 fully saturated rings. The van der Waals surface area contributed by atoms with E-state index in [1.54, 1.807) is 0 Å². The molecule has 4 nitrogen and oxygen atoms in total. The van der Waals surface area contributed by atoms with Gasteiger partial charge < -0.3 is 16.9 Å². The summed E-state index contributed by atoms with van der Waals surface area (Å²) in [4.78, 5) is 4.28. The number of hydrogen-bond acceptors (Lipinski definition) is 5. The molecular weight excluding hydrogens is 282 g/mol. The first-order chi connectivity index (χ1) is 9.54. The number of aliphatic imine (C=N–C) groups is 1. The van der Waals surface area contributed by atoms with Crippen molar-refractivity contribution in [3.8, 4) is 0 Å². The maximum Gasteiger partial charge on any atom is 0.159 e. The van der Waals surface area contributed by atoms with Gasteiger partial charge in [0.25, 0.3) is 0 Å². The molecule has 106 valence electrons. The Morgan fingerprint density at radius 2 is 2.10 bits per heavy atom. The Morgan fingerprint density at radius 3 is 2.60 bits per heavy atom. The molecule has 1 rings (SSSR count). The third-order valence-electron chi connectivity index (χ3n) is 2.32. The van der Waals surface area contributed by atoms with E-state index in [0.29, 0.717) is 10.5 Å². The van der Waals surface area contributed by atoms with Gasteiger partial charge in [-0.25, -0.2) is 8.78 Å². The van der Waals surface area contributed by atoms with Gasteiger partial charge in [0.05, 0.1) is 10.6 Å². The van der Waals surface area contributed by atoms with Gasteiger partial charge in [-0.05, 0) is 31.0 Å². The van der Waals surface area contributed by atoms with Crippen LogP contribution in [0, 0.1) is 17.0 Å². The normalized spacial score (nSPS) is 12.8. The smallest absolute Gasteiger partial charge is 0.159 e. The van der Waals surface area contributed by atoms with Crippen LogP contribution in [0.25, 0.3) is 5.70 Å². The number of rotatable bonds is 6. The van der Waals surface area contributed by atoms with Gasteiger partial charge in [0, 0.05) is 23.4 Å². The Hall–Kier alpha value is -1.99. The lowest BCUT2D eigenvalue weighted by Gasteiger charge is -2.11. The van der Waals surface area contributed by atoms with Crippen LogP contribution in [-0.2, 0) is 0 Å². The number of halogens is 2. The molecule has 1 aromatic rings. The molecule has 5 N–H and O–H groups in total. The van der Waals surface area contributed by atoms with Crippen LogP contribution in [0.2, 0.25) is 0 Å². The van der Waals surface area contributed by atoms with Gasteiger partial charge in [-0.2, -0.15) is 0 Å². The molecule has 0 aromatic heterocycles. The number of thioether (sulfide) groups is 1. The van der Waals surface area contributed by atoms with E-state index < -0.39 is 11.6 Å². The maximum atomic E-state index is 13.3. The Labute approximate surface area is 119 Å². The van der Waals surface area contributed by atoms with Crippen molar-refractivity contribution in [2.45, 2.75) is 0 Å². The molecule has 0 atom stereocenters. The minimum atomic E-state index is -0.990. The lowest BCUT2D eigenvalue weighted by molar-refractivity contribution is 0.508. The van der Waals surface area contributed by atoms with E-state index in [1.807, 2.05) is 0 Å². The van der Waals surface area contributed by atoms with Crippen LogP contribution in [0.4, 0.5) is 8.78 Å². The van der Waals surface area contributed by atoms with Crippen LogP contribution < -0.4 is 11.5 Å². The molecule has 0 amide bonds. The largest absolute Gasteiger partial charge is 0.398 e. The topological polar surface area (TPSA) is 88.2 Å². The Balaban J connectivity index is 3.46. The SMILES string of the molecule is C=N/C(=C(SCN)/C(N)=C/C=N)c1ccc(F)c(F)c1. The fourth-order valence-electron chi connectivity index (χ4n) is 1.47. The quantitative estimate of drug-likeness (QED) is 0.428. The van der Waals surface area contributed by atoms with E-state index in [-0.39, 0.29) is 17.3 Å². The summed E-state index contributed by atoms with van der Waals surface area (Å²) in [6.45, 7) is 3.42. The monoisotopic (exact) mass is 296 g/mol. The number of nitrogens with two attached hydrogens (primary N) is 2. The molecule has 0 aliphatic rings. The van der Waals surface area contributed by atoms with Gasteiger partial charge in [0.2, 0.25) is 0 Å². The number of hydrogen-bond donors (Lipinski definition) is 3. The van der Waals surface area contributed by atoms with Crippen LogP contribution in [0.15, 0.2) is 39.9 Å². The number of nitrogens with one attached hydrogen (secondary N) is 1. The molecule has 0 heterocycles. The molecule has 0 saturated heterocycles. The highest BCUT2D eigenvalue weighted by atomic mass is 32.2. The zero-order valence-corrected chi connectivity index (χ0v) is 11.4. The standard InChI is InChI=1S/C13H14F2N4S/c1-19-12(8-2-3-9(14)10(15)6-8)13(20-7-17)11(18)4-5-16/h2-6,16H,1,7,17-18H2/b11-4-,13-12-,16-5?. The fraction of sp³-hybridized carbons (Fsp3) is 0.0769. The summed E-state index contributed by atoms with van der Waals surface area (Å²) < 4.78 is 26.3. The molecule has 7 heteroatoms. The van der Waals surface area contributed by atoms with Crippen LogP contribution >= 0.6 is 11.8 Å². The van der Waals surface area contributed by atoms with Crippen molar-refractivity contribution in [3.05, 3.63) is 52.1 Å². The predicted octanol–water partition coefficient (Wildman–Crippen LogP) is 2.48. The van der Waals surface area contributed by atoms with Crippen LogP contribution in [0.3, 0.4) is 0 Å². The molecule has 1 aromatic carbocycles.